The quantitative estimate of drug-likeness (QED) is 0.761. The van der Waals surface area contributed by atoms with Gasteiger partial charge in [-0.05, 0) is 26.2 Å². The number of piperidine rings is 1. The molecular weight excluding hydrogens is 296 g/mol. The van der Waals surface area contributed by atoms with E-state index in [1.165, 1.54) is 11.2 Å². The van der Waals surface area contributed by atoms with Crippen molar-refractivity contribution in [3.05, 3.63) is 17.0 Å². The third-order valence-electron chi connectivity index (χ3n) is 4.00. The minimum absolute atomic E-state index is 0.0310. The minimum Gasteiger partial charge on any atom is -0.477 e. The molecule has 1 aliphatic rings. The van der Waals surface area contributed by atoms with Crippen molar-refractivity contribution in [1.29, 1.82) is 0 Å². The predicted octanol–water partition coefficient (Wildman–Crippen LogP) is 0.721. The highest BCUT2D eigenvalue weighted by Crippen LogP contribution is 2.29. The van der Waals surface area contributed by atoms with Crippen LogP contribution in [0.2, 0.25) is 0 Å². The average molecular weight is 316 g/mol. The number of hydrogen-bond acceptors (Lipinski definition) is 4. The minimum atomic E-state index is -3.76. The molecule has 0 bridgehead atoms. The molecule has 0 aromatic carbocycles. The van der Waals surface area contributed by atoms with E-state index in [2.05, 4.69) is 4.98 Å². The van der Waals surface area contributed by atoms with E-state index >= 15 is 0 Å². The summed E-state index contributed by atoms with van der Waals surface area (Å²) in [7, 11) is -3.76. The number of aromatic nitrogens is 1. The summed E-state index contributed by atoms with van der Waals surface area (Å²) in [5, 5.41) is 18.8. The molecule has 1 fully saturated rings. The van der Waals surface area contributed by atoms with E-state index in [1.807, 2.05) is 0 Å². The molecule has 2 unspecified atom stereocenters. The second-order valence-electron chi connectivity index (χ2n) is 5.58. The van der Waals surface area contributed by atoms with Crippen LogP contribution < -0.4 is 0 Å². The van der Waals surface area contributed by atoms with Gasteiger partial charge in [0.1, 0.15) is 10.6 Å². The zero-order chi connectivity index (χ0) is 15.9. The van der Waals surface area contributed by atoms with Gasteiger partial charge in [-0.15, -0.1) is 0 Å². The van der Waals surface area contributed by atoms with Crippen LogP contribution in [0.1, 0.15) is 35.1 Å². The van der Waals surface area contributed by atoms with Gasteiger partial charge < -0.3 is 15.2 Å². The van der Waals surface area contributed by atoms with Crippen LogP contribution in [0.4, 0.5) is 0 Å². The predicted molar refractivity (Wildman–Crippen MR) is 75.8 cm³/mol. The summed E-state index contributed by atoms with van der Waals surface area (Å²) in [5.74, 6) is -1.33. The van der Waals surface area contributed by atoms with Crippen LogP contribution in [0, 0.1) is 19.8 Å². The van der Waals surface area contributed by atoms with Gasteiger partial charge in [0.05, 0.1) is 6.10 Å². The molecule has 0 aliphatic carbocycles. The molecule has 3 N–H and O–H groups in total. The lowest BCUT2D eigenvalue weighted by Crippen LogP contribution is -2.45. The molecule has 0 amide bonds. The first kappa shape index (κ1) is 16.0. The molecule has 118 valence electrons. The van der Waals surface area contributed by atoms with Gasteiger partial charge >= 0.3 is 5.97 Å². The van der Waals surface area contributed by atoms with Crippen molar-refractivity contribution in [3.63, 3.8) is 0 Å². The van der Waals surface area contributed by atoms with Crippen molar-refractivity contribution in [1.82, 2.24) is 9.29 Å². The van der Waals surface area contributed by atoms with Gasteiger partial charge in [-0.25, -0.2) is 13.2 Å². The van der Waals surface area contributed by atoms with Gasteiger partial charge in [0.25, 0.3) is 0 Å². The molecule has 0 radical (unpaired) electrons. The molecule has 1 saturated heterocycles. The summed E-state index contributed by atoms with van der Waals surface area (Å²) >= 11 is 0. The van der Waals surface area contributed by atoms with E-state index in [0.29, 0.717) is 12.1 Å². The topological polar surface area (TPSA) is 111 Å². The molecule has 2 rings (SSSR count). The van der Waals surface area contributed by atoms with Gasteiger partial charge in [-0.1, -0.05) is 6.92 Å². The standard InChI is InChI=1S/C13H20N2O5S/c1-7-6-15(5-4-10(7)16)21(19,20)12-8(2)11(13(17)18)14-9(12)3/h7,10,14,16H,4-6H2,1-3H3,(H,17,18). The number of nitrogens with zero attached hydrogens (tertiary/aromatic N) is 1. The molecule has 2 atom stereocenters. The number of rotatable bonds is 3. The lowest BCUT2D eigenvalue weighted by Gasteiger charge is -2.33. The number of carboxylic acid groups (broad SMARTS) is 1. The van der Waals surface area contributed by atoms with Gasteiger partial charge in [-0.3, -0.25) is 0 Å². The maximum absolute atomic E-state index is 12.7. The van der Waals surface area contributed by atoms with E-state index in [4.69, 9.17) is 5.11 Å². The number of aliphatic hydroxyl groups excluding tert-OH is 1. The molecule has 7 nitrogen and oxygen atoms in total. The van der Waals surface area contributed by atoms with Crippen LogP contribution in [0.25, 0.3) is 0 Å². The first-order valence-electron chi connectivity index (χ1n) is 6.77. The fraction of sp³-hybridized carbons (Fsp3) is 0.615. The summed E-state index contributed by atoms with van der Waals surface area (Å²) in [4.78, 5) is 13.8. The van der Waals surface area contributed by atoms with E-state index in [9.17, 15) is 18.3 Å². The molecule has 2 heterocycles. The van der Waals surface area contributed by atoms with E-state index in [-0.39, 0.29) is 35.2 Å². The summed E-state index contributed by atoms with van der Waals surface area (Å²) in [6.07, 6.45) is -0.117. The largest absolute Gasteiger partial charge is 0.477 e. The maximum atomic E-state index is 12.7. The Kier molecular flexibility index (Phi) is 4.14. The zero-order valence-electron chi connectivity index (χ0n) is 12.3. The lowest BCUT2D eigenvalue weighted by atomic mass is 9.99. The molecular formula is C13H20N2O5S. The molecule has 0 saturated carbocycles. The Bertz CT molecular complexity index is 664. The normalized spacial score (nSPS) is 24.2. The number of hydrogen-bond donors (Lipinski definition) is 3. The number of carbonyl (C=O) groups is 1. The van der Waals surface area contributed by atoms with Gasteiger partial charge in [0.2, 0.25) is 10.0 Å². The molecule has 8 heteroatoms. The number of aliphatic hydroxyl groups is 1. The Labute approximate surface area is 123 Å². The van der Waals surface area contributed by atoms with Crippen molar-refractivity contribution >= 4 is 16.0 Å². The van der Waals surface area contributed by atoms with Crippen molar-refractivity contribution in [3.8, 4) is 0 Å². The fourth-order valence-electron chi connectivity index (χ4n) is 2.78. The highest BCUT2D eigenvalue weighted by molar-refractivity contribution is 7.89. The van der Waals surface area contributed by atoms with E-state index in [0.717, 1.165) is 0 Å². The first-order valence-corrected chi connectivity index (χ1v) is 8.21. The number of carboxylic acids is 1. The van der Waals surface area contributed by atoms with Gasteiger partial charge in [0, 0.05) is 24.3 Å². The van der Waals surface area contributed by atoms with Crippen LogP contribution in [-0.2, 0) is 10.0 Å². The number of aromatic amines is 1. The Morgan fingerprint density at radius 3 is 2.48 bits per heavy atom. The van der Waals surface area contributed by atoms with Gasteiger partial charge in [-0.2, -0.15) is 4.31 Å². The summed E-state index contributed by atoms with van der Waals surface area (Å²) in [6.45, 7) is 5.30. The summed E-state index contributed by atoms with van der Waals surface area (Å²) < 4.78 is 26.8. The van der Waals surface area contributed by atoms with Crippen LogP contribution in [0.5, 0.6) is 0 Å². The molecule has 1 aromatic heterocycles. The third-order valence-corrected chi connectivity index (χ3v) is 6.14. The zero-order valence-corrected chi connectivity index (χ0v) is 13.1. The van der Waals surface area contributed by atoms with Crippen LogP contribution in [0.15, 0.2) is 4.90 Å². The van der Waals surface area contributed by atoms with Crippen molar-refractivity contribution in [2.75, 3.05) is 13.1 Å². The maximum Gasteiger partial charge on any atom is 0.352 e. The highest BCUT2D eigenvalue weighted by atomic mass is 32.2. The SMILES string of the molecule is Cc1[nH]c(C(=O)O)c(C)c1S(=O)(=O)N1CCC(O)C(C)C1. The smallest absolute Gasteiger partial charge is 0.352 e. The molecule has 1 aliphatic heterocycles. The monoisotopic (exact) mass is 316 g/mol. The Hall–Kier alpha value is -1.38. The van der Waals surface area contributed by atoms with Crippen molar-refractivity contribution < 1.29 is 23.4 Å². The summed E-state index contributed by atoms with van der Waals surface area (Å²) in [6, 6.07) is 0. The lowest BCUT2D eigenvalue weighted by molar-refractivity contribution is 0.0628. The van der Waals surface area contributed by atoms with Crippen LogP contribution >= 0.6 is 0 Å². The van der Waals surface area contributed by atoms with Crippen molar-refractivity contribution in [2.24, 2.45) is 5.92 Å². The first-order chi connectivity index (χ1) is 9.66. The van der Waals surface area contributed by atoms with E-state index < -0.39 is 22.1 Å². The number of nitrogens with one attached hydrogen (secondary N) is 1. The van der Waals surface area contributed by atoms with E-state index in [1.54, 1.807) is 13.8 Å². The van der Waals surface area contributed by atoms with Crippen LogP contribution in [-0.4, -0.2) is 53.1 Å². The van der Waals surface area contributed by atoms with Gasteiger partial charge in [0.15, 0.2) is 0 Å². The highest BCUT2D eigenvalue weighted by Gasteiger charge is 2.36. The Balaban J connectivity index is 2.43. The molecule has 21 heavy (non-hydrogen) atoms. The van der Waals surface area contributed by atoms with Crippen molar-refractivity contribution in [2.45, 2.75) is 38.2 Å². The summed E-state index contributed by atoms with van der Waals surface area (Å²) in [5.41, 5.74) is 0.443. The average Bonchev–Trinajstić information content (AvgIpc) is 2.68. The fourth-order valence-corrected chi connectivity index (χ4v) is 4.74. The number of sulfonamides is 1. The number of aromatic carboxylic acids is 1. The second kappa shape index (κ2) is 5.43. The second-order valence-corrected chi connectivity index (χ2v) is 7.46. The molecule has 1 aromatic rings. The third kappa shape index (κ3) is 2.70. The van der Waals surface area contributed by atoms with Crippen LogP contribution in [0.3, 0.4) is 0 Å². The molecule has 0 spiro atoms. The number of aryl methyl sites for hydroxylation is 1. The number of H-pyrrole nitrogens is 1. The Morgan fingerprint density at radius 2 is 2.00 bits per heavy atom. The Morgan fingerprint density at radius 1 is 1.38 bits per heavy atom.